The molecule has 1 aromatic heterocycles. The molecule has 2 saturated heterocycles. The van der Waals surface area contributed by atoms with Crippen LogP contribution in [0.4, 0.5) is 0 Å². The Morgan fingerprint density at radius 3 is 2.81 bits per heavy atom. The summed E-state index contributed by atoms with van der Waals surface area (Å²) < 4.78 is 0. The molecule has 0 radical (unpaired) electrons. The van der Waals surface area contributed by atoms with E-state index >= 15 is 0 Å². The van der Waals surface area contributed by atoms with Crippen molar-refractivity contribution in [1.82, 2.24) is 20.0 Å². The first kappa shape index (κ1) is 16.8. The number of hydrogen-bond acceptors (Lipinski definition) is 3. The second-order valence-corrected chi connectivity index (χ2v) is 7.20. The van der Waals surface area contributed by atoms with Gasteiger partial charge in [0.25, 0.3) is 5.91 Å². The highest BCUT2D eigenvalue weighted by Gasteiger charge is 2.40. The Bertz CT molecular complexity index is 759. The lowest BCUT2D eigenvalue weighted by Gasteiger charge is -2.47. The minimum Gasteiger partial charge on any atom is -0.339 e. The predicted octanol–water partition coefficient (Wildman–Crippen LogP) is 2.11. The second-order valence-electron chi connectivity index (χ2n) is 7.20. The third-order valence-electron chi connectivity index (χ3n) is 5.65. The number of benzene rings is 1. The summed E-state index contributed by atoms with van der Waals surface area (Å²) in [6.45, 7) is 2.17. The summed E-state index contributed by atoms with van der Waals surface area (Å²) in [6, 6.07) is 12.3. The van der Waals surface area contributed by atoms with Gasteiger partial charge in [0, 0.05) is 38.3 Å². The van der Waals surface area contributed by atoms with E-state index in [1.54, 1.807) is 12.3 Å². The molecule has 1 aromatic carbocycles. The zero-order valence-corrected chi connectivity index (χ0v) is 14.8. The predicted molar refractivity (Wildman–Crippen MR) is 97.5 cm³/mol. The van der Waals surface area contributed by atoms with Gasteiger partial charge in [0.1, 0.15) is 5.69 Å². The standard InChI is InChI=1S/C20H24N4O2/c25-19-7-6-16-14-23(20(26)17-8-11-21-22-17)12-10-18(16)24(19)13-9-15-4-2-1-3-5-15/h1-5,8,11,16,18H,6-7,9-10,12-14H2,(H,21,22)/t16-,18+/m0/s1. The van der Waals surface area contributed by atoms with E-state index in [2.05, 4.69) is 27.2 Å². The highest BCUT2D eigenvalue weighted by atomic mass is 16.2. The summed E-state index contributed by atoms with van der Waals surface area (Å²) in [7, 11) is 0. The van der Waals surface area contributed by atoms with Gasteiger partial charge in [-0.05, 0) is 36.8 Å². The molecule has 4 rings (SSSR count). The molecule has 2 amide bonds. The molecule has 6 heteroatoms. The van der Waals surface area contributed by atoms with E-state index in [1.165, 1.54) is 5.56 Å². The fraction of sp³-hybridized carbons (Fsp3) is 0.450. The van der Waals surface area contributed by atoms with Crippen molar-refractivity contribution in [3.05, 3.63) is 53.9 Å². The van der Waals surface area contributed by atoms with Crippen LogP contribution < -0.4 is 0 Å². The molecule has 0 spiro atoms. The molecule has 2 aliphatic heterocycles. The Hall–Kier alpha value is -2.63. The smallest absolute Gasteiger partial charge is 0.271 e. The summed E-state index contributed by atoms with van der Waals surface area (Å²) in [5.41, 5.74) is 1.80. The van der Waals surface area contributed by atoms with Crippen molar-refractivity contribution in [3.63, 3.8) is 0 Å². The number of nitrogens with one attached hydrogen (secondary N) is 1. The molecule has 2 aromatic rings. The first-order valence-electron chi connectivity index (χ1n) is 9.34. The van der Waals surface area contributed by atoms with Gasteiger partial charge in [-0.3, -0.25) is 14.7 Å². The van der Waals surface area contributed by atoms with Crippen molar-refractivity contribution in [2.24, 2.45) is 5.92 Å². The number of aromatic amines is 1. The number of carbonyl (C=O) groups is 2. The Labute approximate surface area is 153 Å². The van der Waals surface area contributed by atoms with Crippen LogP contribution in [0.3, 0.4) is 0 Å². The summed E-state index contributed by atoms with van der Waals surface area (Å²) in [5, 5.41) is 6.62. The van der Waals surface area contributed by atoms with Crippen LogP contribution in [-0.4, -0.2) is 57.5 Å². The molecule has 1 N–H and O–H groups in total. The molecule has 6 nitrogen and oxygen atoms in total. The van der Waals surface area contributed by atoms with Crippen LogP contribution in [0.2, 0.25) is 0 Å². The van der Waals surface area contributed by atoms with E-state index in [-0.39, 0.29) is 17.9 Å². The fourth-order valence-corrected chi connectivity index (χ4v) is 4.27. The molecule has 0 unspecified atom stereocenters. The molecule has 2 fully saturated rings. The lowest BCUT2D eigenvalue weighted by atomic mass is 9.83. The number of hydrogen-bond donors (Lipinski definition) is 1. The molecule has 2 aliphatic rings. The van der Waals surface area contributed by atoms with E-state index in [9.17, 15) is 9.59 Å². The zero-order chi connectivity index (χ0) is 17.9. The highest BCUT2D eigenvalue weighted by Crippen LogP contribution is 2.32. The van der Waals surface area contributed by atoms with Crippen molar-refractivity contribution in [2.75, 3.05) is 19.6 Å². The average Bonchev–Trinajstić information content (AvgIpc) is 3.22. The van der Waals surface area contributed by atoms with Gasteiger partial charge in [0.2, 0.25) is 5.91 Å². The number of likely N-dealkylation sites (tertiary alicyclic amines) is 2. The van der Waals surface area contributed by atoms with Gasteiger partial charge in [-0.25, -0.2) is 0 Å². The third-order valence-corrected chi connectivity index (χ3v) is 5.65. The Kier molecular flexibility index (Phi) is 4.73. The molecule has 0 aliphatic carbocycles. The summed E-state index contributed by atoms with van der Waals surface area (Å²) in [6.07, 6.45) is 4.79. The van der Waals surface area contributed by atoms with Crippen molar-refractivity contribution in [1.29, 1.82) is 0 Å². The van der Waals surface area contributed by atoms with Crippen LogP contribution >= 0.6 is 0 Å². The van der Waals surface area contributed by atoms with Crippen molar-refractivity contribution in [2.45, 2.75) is 31.7 Å². The number of rotatable bonds is 4. The molecule has 136 valence electrons. The summed E-state index contributed by atoms with van der Waals surface area (Å²) >= 11 is 0. The van der Waals surface area contributed by atoms with Crippen LogP contribution in [0.5, 0.6) is 0 Å². The molecule has 0 bridgehead atoms. The monoisotopic (exact) mass is 352 g/mol. The van der Waals surface area contributed by atoms with Gasteiger partial charge < -0.3 is 9.80 Å². The molecule has 0 saturated carbocycles. The second kappa shape index (κ2) is 7.32. The lowest BCUT2D eigenvalue weighted by molar-refractivity contribution is -0.140. The van der Waals surface area contributed by atoms with E-state index in [0.717, 1.165) is 32.4 Å². The summed E-state index contributed by atoms with van der Waals surface area (Å²) in [5.74, 6) is 0.633. The van der Waals surface area contributed by atoms with Crippen LogP contribution in [0, 0.1) is 5.92 Å². The topological polar surface area (TPSA) is 69.3 Å². The average molecular weight is 352 g/mol. The van der Waals surface area contributed by atoms with Gasteiger partial charge in [-0.2, -0.15) is 5.10 Å². The van der Waals surface area contributed by atoms with E-state index in [4.69, 9.17) is 0 Å². The van der Waals surface area contributed by atoms with Gasteiger partial charge in [0.15, 0.2) is 0 Å². The normalized spacial score (nSPS) is 23.0. The fourth-order valence-electron chi connectivity index (χ4n) is 4.27. The van der Waals surface area contributed by atoms with Crippen molar-refractivity contribution < 1.29 is 9.59 Å². The quantitative estimate of drug-likeness (QED) is 0.916. The lowest BCUT2D eigenvalue weighted by Crippen LogP contribution is -2.57. The zero-order valence-electron chi connectivity index (χ0n) is 14.8. The van der Waals surface area contributed by atoms with Gasteiger partial charge in [-0.15, -0.1) is 0 Å². The summed E-state index contributed by atoms with van der Waals surface area (Å²) in [4.78, 5) is 29.0. The minimum absolute atomic E-state index is 0.00804. The van der Waals surface area contributed by atoms with Gasteiger partial charge >= 0.3 is 0 Å². The van der Waals surface area contributed by atoms with Crippen LogP contribution in [0.1, 0.15) is 35.3 Å². The van der Waals surface area contributed by atoms with Gasteiger partial charge in [-0.1, -0.05) is 30.3 Å². The Morgan fingerprint density at radius 2 is 2.04 bits per heavy atom. The first-order valence-corrected chi connectivity index (χ1v) is 9.34. The first-order chi connectivity index (χ1) is 12.7. The molecule has 3 heterocycles. The number of piperidine rings is 2. The maximum Gasteiger partial charge on any atom is 0.271 e. The van der Waals surface area contributed by atoms with E-state index in [0.29, 0.717) is 24.6 Å². The largest absolute Gasteiger partial charge is 0.339 e. The van der Waals surface area contributed by atoms with E-state index in [1.807, 2.05) is 23.1 Å². The van der Waals surface area contributed by atoms with Crippen LogP contribution in [0.15, 0.2) is 42.6 Å². The third kappa shape index (κ3) is 3.36. The number of aromatic nitrogens is 2. The van der Waals surface area contributed by atoms with E-state index < -0.39 is 0 Å². The van der Waals surface area contributed by atoms with Crippen molar-refractivity contribution >= 4 is 11.8 Å². The van der Waals surface area contributed by atoms with Crippen LogP contribution in [-0.2, 0) is 11.2 Å². The number of fused-ring (bicyclic) bond motifs is 1. The SMILES string of the molecule is O=C(c1ccn[nH]1)N1CC[C@@H]2[C@@H](CCC(=O)N2CCc2ccccc2)C1. The molecular weight excluding hydrogens is 328 g/mol. The maximum absolute atomic E-state index is 12.6. The number of H-pyrrole nitrogens is 1. The minimum atomic E-state index is 0.00804. The van der Waals surface area contributed by atoms with Crippen LogP contribution in [0.25, 0.3) is 0 Å². The van der Waals surface area contributed by atoms with Gasteiger partial charge in [0.05, 0.1) is 0 Å². The molecule has 2 atom stereocenters. The number of carbonyl (C=O) groups excluding carboxylic acids is 2. The molecule has 26 heavy (non-hydrogen) atoms. The number of nitrogens with zero attached hydrogens (tertiary/aromatic N) is 3. The highest BCUT2D eigenvalue weighted by molar-refractivity contribution is 5.92. The number of amides is 2. The maximum atomic E-state index is 12.6. The Balaban J connectivity index is 1.41. The Morgan fingerprint density at radius 1 is 1.19 bits per heavy atom. The molecular formula is C20H24N4O2. The van der Waals surface area contributed by atoms with Crippen molar-refractivity contribution in [3.8, 4) is 0 Å².